The van der Waals surface area contributed by atoms with Crippen LogP contribution in [-0.2, 0) is 0 Å². The van der Waals surface area contributed by atoms with Crippen molar-refractivity contribution in [3.8, 4) is 45.3 Å². The van der Waals surface area contributed by atoms with E-state index in [2.05, 4.69) is 149 Å². The van der Waals surface area contributed by atoms with Crippen molar-refractivity contribution in [2.45, 2.75) is 9.79 Å². The van der Waals surface area contributed by atoms with Gasteiger partial charge in [0.05, 0.1) is 34.0 Å². The summed E-state index contributed by atoms with van der Waals surface area (Å²) < 4.78 is 6.25. The molecule has 2 aliphatic rings. The van der Waals surface area contributed by atoms with E-state index in [1.807, 2.05) is 66.4 Å². The molecule has 5 nitrogen and oxygen atoms in total. The highest BCUT2D eigenvalue weighted by Gasteiger charge is 2.26. The van der Waals surface area contributed by atoms with Crippen LogP contribution >= 0.6 is 11.8 Å². The van der Waals surface area contributed by atoms with E-state index in [-0.39, 0.29) is 0 Å². The highest BCUT2D eigenvalue weighted by Crippen LogP contribution is 2.52. The Balaban J connectivity index is 0.982. The lowest BCUT2D eigenvalue weighted by Gasteiger charge is -2.32. The summed E-state index contributed by atoms with van der Waals surface area (Å²) in [5.74, 6) is 2.38. The fraction of sp³-hybridized carbons (Fsp3) is 0. The van der Waals surface area contributed by atoms with Crippen molar-refractivity contribution in [1.29, 1.82) is 0 Å². The van der Waals surface area contributed by atoms with E-state index < -0.39 is 0 Å². The van der Waals surface area contributed by atoms with Gasteiger partial charge in [0, 0.05) is 37.7 Å². The van der Waals surface area contributed by atoms with Gasteiger partial charge in [0.25, 0.3) is 0 Å². The average molecular weight is 737 g/mol. The molecule has 11 rings (SSSR count). The van der Waals surface area contributed by atoms with Crippen LogP contribution in [0, 0.1) is 0 Å². The van der Waals surface area contributed by atoms with Crippen LogP contribution < -0.4 is 14.5 Å². The largest absolute Gasteiger partial charge is 0.453 e. The molecule has 0 spiro atoms. The van der Waals surface area contributed by atoms with E-state index in [4.69, 9.17) is 14.7 Å². The van der Waals surface area contributed by atoms with Crippen molar-refractivity contribution in [2.75, 3.05) is 9.80 Å². The maximum absolute atomic E-state index is 6.25. The number of anilines is 6. The van der Waals surface area contributed by atoms with Gasteiger partial charge >= 0.3 is 0 Å². The number of rotatable bonds is 5. The lowest BCUT2D eigenvalue weighted by molar-refractivity contribution is 0.477. The number of para-hydroxylation sites is 6. The standard InChI is InChI=1S/C50H32N4OS/c1-2-12-35(13-3-1)50-51-40-32-36(33-22-27-37(28-23-33)53-41-14-4-8-18-45(41)55-46-19-9-5-15-42(46)53)26-31-39(40)49(52-50)34-24-29-38(30-25-34)54-43-16-6-10-20-47(43)56-48-21-11-7-17-44(48)54/h1-32H. The Morgan fingerprint density at radius 3 is 1.52 bits per heavy atom. The number of fused-ring (bicyclic) bond motifs is 5. The Labute approximate surface area is 329 Å². The predicted molar refractivity (Wildman–Crippen MR) is 229 cm³/mol. The molecule has 0 radical (unpaired) electrons. The molecule has 1 aromatic heterocycles. The average Bonchev–Trinajstić information content (AvgIpc) is 3.27. The molecule has 264 valence electrons. The lowest BCUT2D eigenvalue weighted by Crippen LogP contribution is -2.15. The third-order valence-corrected chi connectivity index (χ3v) is 11.6. The molecule has 2 aliphatic heterocycles. The molecule has 8 aromatic carbocycles. The van der Waals surface area contributed by atoms with Crippen LogP contribution in [0.4, 0.5) is 34.1 Å². The summed E-state index contributed by atoms with van der Waals surface area (Å²) in [4.78, 5) is 17.5. The summed E-state index contributed by atoms with van der Waals surface area (Å²) in [5.41, 5.74) is 12.6. The maximum Gasteiger partial charge on any atom is 0.160 e. The molecule has 0 bridgehead atoms. The molecule has 9 aromatic rings. The molecule has 0 saturated carbocycles. The second-order valence-electron chi connectivity index (χ2n) is 13.8. The smallest absolute Gasteiger partial charge is 0.160 e. The molecule has 0 N–H and O–H groups in total. The summed E-state index contributed by atoms with van der Waals surface area (Å²) in [6, 6.07) is 67.8. The minimum Gasteiger partial charge on any atom is -0.453 e. The molecular weight excluding hydrogens is 705 g/mol. The van der Waals surface area contributed by atoms with Gasteiger partial charge in [-0.15, -0.1) is 0 Å². The van der Waals surface area contributed by atoms with Crippen molar-refractivity contribution in [3.63, 3.8) is 0 Å². The SMILES string of the molecule is c1ccc(-c2nc(-c3ccc(N4c5ccccc5Sc5ccccc54)cc3)c3ccc(-c4ccc(N5c6ccccc6Oc6ccccc65)cc4)cc3n2)cc1. The normalized spacial score (nSPS) is 12.6. The fourth-order valence-corrected chi connectivity index (χ4v) is 8.84. The van der Waals surface area contributed by atoms with Crippen LogP contribution in [0.2, 0.25) is 0 Å². The molecule has 0 aliphatic carbocycles. The lowest BCUT2D eigenvalue weighted by atomic mass is 9.99. The number of aromatic nitrogens is 2. The zero-order chi connectivity index (χ0) is 37.0. The van der Waals surface area contributed by atoms with E-state index in [0.29, 0.717) is 5.82 Å². The van der Waals surface area contributed by atoms with Gasteiger partial charge in [0.1, 0.15) is 0 Å². The number of benzene rings is 8. The summed E-state index contributed by atoms with van der Waals surface area (Å²) >= 11 is 1.82. The second kappa shape index (κ2) is 13.3. The Morgan fingerprint density at radius 1 is 0.393 bits per heavy atom. The summed E-state index contributed by atoms with van der Waals surface area (Å²) in [6.07, 6.45) is 0. The molecule has 0 amide bonds. The monoisotopic (exact) mass is 736 g/mol. The van der Waals surface area contributed by atoms with Crippen LogP contribution in [0.3, 0.4) is 0 Å². The molecule has 0 fully saturated rings. The first-order valence-corrected chi connectivity index (χ1v) is 19.5. The first-order chi connectivity index (χ1) is 27.7. The third-order valence-electron chi connectivity index (χ3n) is 10.5. The van der Waals surface area contributed by atoms with E-state index in [1.54, 1.807) is 0 Å². The van der Waals surface area contributed by atoms with Gasteiger partial charge in [-0.25, -0.2) is 9.97 Å². The van der Waals surface area contributed by atoms with Crippen molar-refractivity contribution < 1.29 is 4.74 Å². The summed E-state index contributed by atoms with van der Waals surface area (Å²) in [6.45, 7) is 0. The first kappa shape index (κ1) is 32.3. The van der Waals surface area contributed by atoms with Crippen molar-refractivity contribution >= 4 is 56.8 Å². The highest BCUT2D eigenvalue weighted by atomic mass is 32.2. The Morgan fingerprint density at radius 2 is 0.893 bits per heavy atom. The Kier molecular flexibility index (Phi) is 7.67. The molecule has 0 unspecified atom stereocenters. The molecule has 0 atom stereocenters. The van der Waals surface area contributed by atoms with E-state index in [1.165, 1.54) is 21.2 Å². The number of hydrogen-bond acceptors (Lipinski definition) is 6. The topological polar surface area (TPSA) is 41.5 Å². The van der Waals surface area contributed by atoms with Crippen molar-refractivity contribution in [1.82, 2.24) is 9.97 Å². The second-order valence-corrected chi connectivity index (χ2v) is 14.9. The predicted octanol–water partition coefficient (Wildman–Crippen LogP) is 14.1. The highest BCUT2D eigenvalue weighted by molar-refractivity contribution is 7.99. The van der Waals surface area contributed by atoms with Gasteiger partial charge in [0.15, 0.2) is 17.3 Å². The number of ether oxygens (including phenoxy) is 1. The Hall–Kier alpha value is -7.15. The molecular formula is C50H32N4OS. The molecule has 6 heteroatoms. The third kappa shape index (κ3) is 5.50. The van der Waals surface area contributed by atoms with Crippen LogP contribution in [0.15, 0.2) is 204 Å². The molecule has 3 heterocycles. The number of hydrogen-bond donors (Lipinski definition) is 0. The van der Waals surface area contributed by atoms with Crippen LogP contribution in [0.5, 0.6) is 11.5 Å². The fourth-order valence-electron chi connectivity index (χ4n) is 7.78. The zero-order valence-electron chi connectivity index (χ0n) is 30.1. The quantitative estimate of drug-likeness (QED) is 0.175. The van der Waals surface area contributed by atoms with Gasteiger partial charge in [-0.05, 0) is 96.1 Å². The van der Waals surface area contributed by atoms with Crippen LogP contribution in [0.25, 0.3) is 44.7 Å². The first-order valence-electron chi connectivity index (χ1n) is 18.7. The van der Waals surface area contributed by atoms with Gasteiger partial charge in [-0.2, -0.15) is 0 Å². The van der Waals surface area contributed by atoms with E-state index in [9.17, 15) is 0 Å². The van der Waals surface area contributed by atoms with Gasteiger partial charge in [0.2, 0.25) is 0 Å². The zero-order valence-corrected chi connectivity index (χ0v) is 30.9. The van der Waals surface area contributed by atoms with E-state index in [0.717, 1.165) is 73.1 Å². The minimum atomic E-state index is 0.699. The van der Waals surface area contributed by atoms with Gasteiger partial charge in [-0.1, -0.05) is 121 Å². The van der Waals surface area contributed by atoms with Gasteiger partial charge in [-0.3, -0.25) is 0 Å². The van der Waals surface area contributed by atoms with Crippen molar-refractivity contribution in [3.05, 3.63) is 194 Å². The van der Waals surface area contributed by atoms with E-state index >= 15 is 0 Å². The van der Waals surface area contributed by atoms with Crippen LogP contribution in [-0.4, -0.2) is 9.97 Å². The summed E-state index contributed by atoms with van der Waals surface area (Å²) in [7, 11) is 0. The molecule has 0 saturated heterocycles. The number of nitrogens with zero attached hydrogens (tertiary/aromatic N) is 4. The van der Waals surface area contributed by atoms with Crippen molar-refractivity contribution in [2.24, 2.45) is 0 Å². The molecule has 56 heavy (non-hydrogen) atoms. The minimum absolute atomic E-state index is 0.699. The maximum atomic E-state index is 6.25. The van der Waals surface area contributed by atoms with Crippen LogP contribution in [0.1, 0.15) is 0 Å². The van der Waals surface area contributed by atoms with Gasteiger partial charge < -0.3 is 14.5 Å². The Bertz CT molecular complexity index is 2840. The summed E-state index contributed by atoms with van der Waals surface area (Å²) in [5, 5.41) is 1.00.